The summed E-state index contributed by atoms with van der Waals surface area (Å²) in [6, 6.07) is 10.8. The molecule has 2 aromatic heterocycles. The van der Waals surface area contributed by atoms with Crippen LogP contribution in [0.3, 0.4) is 0 Å². The molecule has 0 saturated carbocycles. The molecular formula is C20H23N5O4. The zero-order valence-electron chi connectivity index (χ0n) is 16.7. The van der Waals surface area contributed by atoms with E-state index in [2.05, 4.69) is 20.3 Å². The first-order valence-corrected chi connectivity index (χ1v) is 9.30. The van der Waals surface area contributed by atoms with E-state index in [1.807, 2.05) is 32.0 Å². The van der Waals surface area contributed by atoms with E-state index in [-0.39, 0.29) is 24.2 Å². The molecular weight excluding hydrogens is 374 g/mol. The van der Waals surface area contributed by atoms with E-state index in [1.165, 1.54) is 4.68 Å². The molecule has 0 aliphatic carbocycles. The van der Waals surface area contributed by atoms with Crippen LogP contribution in [0.2, 0.25) is 0 Å². The number of nitrogens with one attached hydrogen (secondary N) is 1. The van der Waals surface area contributed by atoms with E-state index in [1.54, 1.807) is 32.2 Å². The molecule has 0 unspecified atom stereocenters. The second-order valence-corrected chi connectivity index (χ2v) is 6.69. The zero-order chi connectivity index (χ0) is 21.0. The minimum atomic E-state index is -0.878. The van der Waals surface area contributed by atoms with Crippen LogP contribution in [0.5, 0.6) is 0 Å². The van der Waals surface area contributed by atoms with E-state index in [0.29, 0.717) is 11.3 Å². The standard InChI is InChI=1S/C20H23N5O4/c1-5-28-20(27)18-21-17(22-23-18)16(13-9-7-6-8-10-13)29-19(26)15-11-14(12(2)3)24-25(15)4/h6-12,16H,5H2,1-4H3,(H,21,22,23)/t16-/m0/s1. The molecule has 0 aliphatic rings. The third-order valence-electron chi connectivity index (χ3n) is 4.24. The van der Waals surface area contributed by atoms with Crippen LogP contribution < -0.4 is 0 Å². The lowest BCUT2D eigenvalue weighted by molar-refractivity contribution is 0.0350. The van der Waals surface area contributed by atoms with Crippen molar-refractivity contribution in [2.75, 3.05) is 6.61 Å². The van der Waals surface area contributed by atoms with Crippen molar-refractivity contribution >= 4 is 11.9 Å². The van der Waals surface area contributed by atoms with E-state index in [4.69, 9.17) is 9.47 Å². The van der Waals surface area contributed by atoms with Crippen LogP contribution in [-0.4, -0.2) is 43.5 Å². The summed E-state index contributed by atoms with van der Waals surface area (Å²) in [7, 11) is 1.69. The number of ether oxygens (including phenoxy) is 2. The number of carbonyl (C=O) groups excluding carboxylic acids is 2. The second-order valence-electron chi connectivity index (χ2n) is 6.69. The molecule has 0 bridgehead atoms. The number of hydrogen-bond acceptors (Lipinski definition) is 7. The van der Waals surface area contributed by atoms with Gasteiger partial charge < -0.3 is 9.47 Å². The first-order valence-electron chi connectivity index (χ1n) is 9.30. The number of carbonyl (C=O) groups is 2. The maximum atomic E-state index is 12.9. The fraction of sp³-hybridized carbons (Fsp3) is 0.350. The summed E-state index contributed by atoms with van der Waals surface area (Å²) in [4.78, 5) is 28.9. The number of nitrogens with zero attached hydrogens (tertiary/aromatic N) is 4. The van der Waals surface area contributed by atoms with Crippen LogP contribution in [-0.2, 0) is 16.5 Å². The smallest absolute Gasteiger partial charge is 0.378 e. The Bertz CT molecular complexity index is 993. The molecule has 0 radical (unpaired) electrons. The molecule has 3 aromatic rings. The topological polar surface area (TPSA) is 112 Å². The molecule has 0 spiro atoms. The number of aryl methyl sites for hydroxylation is 1. The third kappa shape index (κ3) is 4.50. The molecule has 0 amide bonds. The largest absolute Gasteiger partial charge is 0.460 e. The van der Waals surface area contributed by atoms with Gasteiger partial charge in [0.1, 0.15) is 5.69 Å². The van der Waals surface area contributed by atoms with Gasteiger partial charge in [-0.05, 0) is 18.9 Å². The van der Waals surface area contributed by atoms with Crippen LogP contribution >= 0.6 is 0 Å². The van der Waals surface area contributed by atoms with Crippen LogP contribution in [0.15, 0.2) is 36.4 Å². The van der Waals surface area contributed by atoms with Gasteiger partial charge in [-0.3, -0.25) is 9.78 Å². The maximum Gasteiger partial charge on any atom is 0.378 e. The van der Waals surface area contributed by atoms with Crippen molar-refractivity contribution in [2.45, 2.75) is 32.8 Å². The predicted molar refractivity (Wildman–Crippen MR) is 103 cm³/mol. The summed E-state index contributed by atoms with van der Waals surface area (Å²) < 4.78 is 12.2. The van der Waals surface area contributed by atoms with E-state index in [0.717, 1.165) is 5.69 Å². The first kappa shape index (κ1) is 20.2. The highest BCUT2D eigenvalue weighted by molar-refractivity contribution is 5.88. The number of aromatic nitrogens is 5. The predicted octanol–water partition coefficient (Wildman–Crippen LogP) is 2.78. The number of hydrogen-bond donors (Lipinski definition) is 1. The highest BCUT2D eigenvalue weighted by Gasteiger charge is 2.27. The molecule has 152 valence electrons. The maximum absolute atomic E-state index is 12.9. The highest BCUT2D eigenvalue weighted by Crippen LogP contribution is 2.25. The fourth-order valence-electron chi connectivity index (χ4n) is 2.72. The van der Waals surface area contributed by atoms with Gasteiger partial charge in [-0.15, -0.1) is 5.10 Å². The summed E-state index contributed by atoms with van der Waals surface area (Å²) >= 11 is 0. The van der Waals surface area contributed by atoms with Crippen molar-refractivity contribution < 1.29 is 19.1 Å². The fourth-order valence-corrected chi connectivity index (χ4v) is 2.72. The van der Waals surface area contributed by atoms with Gasteiger partial charge in [0.05, 0.1) is 12.3 Å². The van der Waals surface area contributed by atoms with Crippen molar-refractivity contribution in [3.05, 3.63) is 65.0 Å². The Hall–Kier alpha value is -3.49. The van der Waals surface area contributed by atoms with E-state index < -0.39 is 18.0 Å². The first-order chi connectivity index (χ1) is 13.9. The Kier molecular flexibility index (Phi) is 6.06. The van der Waals surface area contributed by atoms with Gasteiger partial charge in [-0.2, -0.15) is 5.10 Å². The number of H-pyrrole nitrogens is 1. The number of aromatic amines is 1. The quantitative estimate of drug-likeness (QED) is 0.610. The Labute approximate surface area is 168 Å². The van der Waals surface area contributed by atoms with Gasteiger partial charge in [0.15, 0.2) is 11.9 Å². The van der Waals surface area contributed by atoms with Crippen molar-refractivity contribution in [3.63, 3.8) is 0 Å². The van der Waals surface area contributed by atoms with E-state index in [9.17, 15) is 9.59 Å². The van der Waals surface area contributed by atoms with Gasteiger partial charge in [0, 0.05) is 12.6 Å². The van der Waals surface area contributed by atoms with Crippen molar-refractivity contribution in [2.24, 2.45) is 7.05 Å². The monoisotopic (exact) mass is 397 g/mol. The normalized spacial score (nSPS) is 12.0. The molecule has 2 heterocycles. The molecule has 29 heavy (non-hydrogen) atoms. The third-order valence-corrected chi connectivity index (χ3v) is 4.24. The summed E-state index contributed by atoms with van der Waals surface area (Å²) in [6.45, 7) is 5.89. The molecule has 1 atom stereocenters. The Morgan fingerprint density at radius 1 is 1.17 bits per heavy atom. The molecule has 1 N–H and O–H groups in total. The minimum absolute atomic E-state index is 0.124. The van der Waals surface area contributed by atoms with Crippen molar-refractivity contribution in [1.82, 2.24) is 25.0 Å². The summed E-state index contributed by atoms with van der Waals surface area (Å²) in [5, 5.41) is 10.9. The average molecular weight is 397 g/mol. The van der Waals surface area contributed by atoms with Gasteiger partial charge in [0.2, 0.25) is 0 Å². The van der Waals surface area contributed by atoms with Crippen LogP contribution in [0.4, 0.5) is 0 Å². The minimum Gasteiger partial charge on any atom is -0.460 e. The van der Waals surface area contributed by atoms with Gasteiger partial charge in [-0.1, -0.05) is 44.2 Å². The molecule has 9 heteroatoms. The Morgan fingerprint density at radius 3 is 2.52 bits per heavy atom. The average Bonchev–Trinajstić information content (AvgIpc) is 3.34. The Balaban J connectivity index is 1.91. The van der Waals surface area contributed by atoms with Crippen LogP contribution in [0, 0.1) is 0 Å². The lowest BCUT2D eigenvalue weighted by Gasteiger charge is -2.15. The van der Waals surface area contributed by atoms with Crippen LogP contribution in [0.1, 0.15) is 71.0 Å². The molecule has 3 rings (SSSR count). The number of esters is 2. The van der Waals surface area contributed by atoms with Gasteiger partial charge in [0.25, 0.3) is 5.82 Å². The highest BCUT2D eigenvalue weighted by atomic mass is 16.5. The van der Waals surface area contributed by atoms with Crippen molar-refractivity contribution in [1.29, 1.82) is 0 Å². The molecule has 0 aliphatic heterocycles. The lowest BCUT2D eigenvalue weighted by atomic mass is 10.1. The molecule has 9 nitrogen and oxygen atoms in total. The second kappa shape index (κ2) is 8.68. The van der Waals surface area contributed by atoms with Gasteiger partial charge in [-0.25, -0.2) is 14.6 Å². The number of rotatable bonds is 7. The molecule has 0 fully saturated rings. The zero-order valence-corrected chi connectivity index (χ0v) is 16.7. The lowest BCUT2D eigenvalue weighted by Crippen LogP contribution is -2.17. The number of benzene rings is 1. The van der Waals surface area contributed by atoms with Crippen molar-refractivity contribution in [3.8, 4) is 0 Å². The molecule has 1 aromatic carbocycles. The summed E-state index contributed by atoms with van der Waals surface area (Å²) in [6.07, 6.45) is -0.878. The van der Waals surface area contributed by atoms with Crippen LogP contribution in [0.25, 0.3) is 0 Å². The van der Waals surface area contributed by atoms with Gasteiger partial charge >= 0.3 is 11.9 Å². The van der Waals surface area contributed by atoms with E-state index >= 15 is 0 Å². The molecule has 0 saturated heterocycles. The SMILES string of the molecule is CCOC(=O)c1n[nH]c([C@@H](OC(=O)c2cc(C(C)C)nn2C)c2ccccc2)n1. The Morgan fingerprint density at radius 2 is 1.90 bits per heavy atom. The summed E-state index contributed by atoms with van der Waals surface area (Å²) in [5.74, 6) is -0.939. The summed E-state index contributed by atoms with van der Waals surface area (Å²) in [5.41, 5.74) is 1.79.